The smallest absolute Gasteiger partial charge is 0.329 e. The van der Waals surface area contributed by atoms with Gasteiger partial charge in [-0.25, -0.2) is 9.59 Å². The summed E-state index contributed by atoms with van der Waals surface area (Å²) >= 11 is 0. The molecular formula is C12H22N2O3. The van der Waals surface area contributed by atoms with E-state index in [1.807, 2.05) is 0 Å². The lowest BCUT2D eigenvalue weighted by Crippen LogP contribution is -2.56. The zero-order valence-electron chi connectivity index (χ0n) is 10.7. The molecule has 3 N–H and O–H groups in total. The summed E-state index contributed by atoms with van der Waals surface area (Å²) in [4.78, 5) is 22.8. The second kappa shape index (κ2) is 5.38. The summed E-state index contributed by atoms with van der Waals surface area (Å²) in [5.74, 6) is -0.534. The van der Waals surface area contributed by atoms with E-state index in [9.17, 15) is 9.59 Å². The van der Waals surface area contributed by atoms with Crippen LogP contribution in [0.15, 0.2) is 0 Å². The minimum atomic E-state index is -1.19. The van der Waals surface area contributed by atoms with Crippen LogP contribution in [-0.4, -0.2) is 28.7 Å². The molecule has 0 spiro atoms. The quantitative estimate of drug-likeness (QED) is 0.702. The lowest BCUT2D eigenvalue weighted by atomic mass is 9.99. The molecule has 0 aromatic carbocycles. The van der Waals surface area contributed by atoms with E-state index in [1.165, 1.54) is 6.92 Å². The molecule has 2 amide bonds. The van der Waals surface area contributed by atoms with Gasteiger partial charge in [-0.3, -0.25) is 0 Å². The summed E-state index contributed by atoms with van der Waals surface area (Å²) in [7, 11) is 0. The van der Waals surface area contributed by atoms with Crippen molar-refractivity contribution in [3.8, 4) is 0 Å². The first-order chi connectivity index (χ1) is 7.89. The molecule has 0 aromatic heterocycles. The van der Waals surface area contributed by atoms with Crippen LogP contribution in [0.3, 0.4) is 0 Å². The molecule has 5 nitrogen and oxygen atoms in total. The van der Waals surface area contributed by atoms with Crippen LogP contribution in [0, 0.1) is 5.92 Å². The van der Waals surface area contributed by atoms with Crippen LogP contribution in [0.1, 0.15) is 46.5 Å². The fourth-order valence-electron chi connectivity index (χ4n) is 2.11. The third-order valence-electron chi connectivity index (χ3n) is 3.75. The molecule has 0 saturated heterocycles. The number of amides is 2. The molecule has 1 saturated carbocycles. The van der Waals surface area contributed by atoms with Crippen molar-refractivity contribution in [2.24, 2.45) is 5.92 Å². The number of nitrogens with one attached hydrogen (secondary N) is 2. The average Bonchev–Trinajstić information content (AvgIpc) is 2.63. The van der Waals surface area contributed by atoms with Gasteiger partial charge in [-0.05, 0) is 32.1 Å². The number of carboxylic acid groups (broad SMARTS) is 1. The van der Waals surface area contributed by atoms with Crippen molar-refractivity contribution in [2.75, 3.05) is 0 Å². The molecule has 0 aromatic rings. The Labute approximate surface area is 102 Å². The van der Waals surface area contributed by atoms with Crippen molar-refractivity contribution >= 4 is 12.0 Å². The van der Waals surface area contributed by atoms with Crippen molar-refractivity contribution in [3.05, 3.63) is 0 Å². The first-order valence-electron chi connectivity index (χ1n) is 6.21. The summed E-state index contributed by atoms with van der Waals surface area (Å²) in [5.41, 5.74) is -1.19. The van der Waals surface area contributed by atoms with E-state index in [0.29, 0.717) is 12.3 Å². The highest BCUT2D eigenvalue weighted by atomic mass is 16.4. The number of carboxylic acids is 1. The summed E-state index contributed by atoms with van der Waals surface area (Å²) in [6, 6.07) is -0.208. The minimum absolute atomic E-state index is 0.171. The zero-order valence-corrected chi connectivity index (χ0v) is 10.7. The van der Waals surface area contributed by atoms with Crippen LogP contribution in [0.25, 0.3) is 0 Å². The number of carbonyl (C=O) groups excluding carboxylic acids is 1. The second-order valence-electron chi connectivity index (χ2n) is 5.10. The molecule has 1 fully saturated rings. The molecule has 3 atom stereocenters. The molecular weight excluding hydrogens is 220 g/mol. The first-order valence-corrected chi connectivity index (χ1v) is 6.21. The van der Waals surface area contributed by atoms with E-state index in [1.54, 1.807) is 6.92 Å². The van der Waals surface area contributed by atoms with Gasteiger partial charge in [0, 0.05) is 6.04 Å². The van der Waals surface area contributed by atoms with E-state index in [-0.39, 0.29) is 12.1 Å². The molecule has 0 aliphatic heterocycles. The lowest BCUT2D eigenvalue weighted by molar-refractivity contribution is -0.143. The maximum absolute atomic E-state index is 11.7. The average molecular weight is 242 g/mol. The predicted molar refractivity (Wildman–Crippen MR) is 64.8 cm³/mol. The molecule has 1 aliphatic carbocycles. The molecule has 1 rings (SSSR count). The monoisotopic (exact) mass is 242 g/mol. The van der Waals surface area contributed by atoms with Gasteiger partial charge in [0.05, 0.1) is 0 Å². The Hall–Kier alpha value is -1.26. The molecule has 17 heavy (non-hydrogen) atoms. The fourth-order valence-corrected chi connectivity index (χ4v) is 2.11. The molecule has 0 heterocycles. The van der Waals surface area contributed by atoms with Crippen molar-refractivity contribution in [1.82, 2.24) is 10.6 Å². The predicted octanol–water partition coefficient (Wildman–Crippen LogP) is 1.73. The van der Waals surface area contributed by atoms with Gasteiger partial charge in [-0.15, -0.1) is 0 Å². The normalized spacial score (nSPS) is 27.2. The third kappa shape index (κ3) is 3.35. The van der Waals surface area contributed by atoms with Gasteiger partial charge in [0.2, 0.25) is 0 Å². The van der Waals surface area contributed by atoms with Gasteiger partial charge in [0.15, 0.2) is 0 Å². The molecule has 98 valence electrons. The maximum Gasteiger partial charge on any atom is 0.329 e. The van der Waals surface area contributed by atoms with Crippen LogP contribution in [0.4, 0.5) is 4.79 Å². The Morgan fingerprint density at radius 3 is 2.47 bits per heavy atom. The van der Waals surface area contributed by atoms with Gasteiger partial charge >= 0.3 is 12.0 Å². The number of hydrogen-bond acceptors (Lipinski definition) is 2. The summed E-state index contributed by atoms with van der Waals surface area (Å²) < 4.78 is 0. The van der Waals surface area contributed by atoms with Gasteiger partial charge in [0.25, 0.3) is 0 Å². The SMILES string of the molecule is CCC(C)(NC(=O)NC1CCCC1C)C(=O)O. The molecule has 0 bridgehead atoms. The number of urea groups is 1. The largest absolute Gasteiger partial charge is 0.480 e. The van der Waals surface area contributed by atoms with Crippen LogP contribution >= 0.6 is 0 Å². The van der Waals surface area contributed by atoms with Crippen LogP contribution in [-0.2, 0) is 4.79 Å². The van der Waals surface area contributed by atoms with E-state index in [0.717, 1.165) is 19.3 Å². The summed E-state index contributed by atoms with van der Waals surface area (Å²) in [6.45, 7) is 5.37. The lowest BCUT2D eigenvalue weighted by Gasteiger charge is -2.26. The maximum atomic E-state index is 11.7. The van der Waals surface area contributed by atoms with E-state index in [2.05, 4.69) is 17.6 Å². The Morgan fingerprint density at radius 1 is 1.41 bits per heavy atom. The Bertz CT molecular complexity index is 306. The summed E-state index contributed by atoms with van der Waals surface area (Å²) in [5, 5.41) is 14.5. The molecule has 0 radical (unpaired) electrons. The minimum Gasteiger partial charge on any atom is -0.480 e. The number of hydrogen-bond donors (Lipinski definition) is 3. The highest BCUT2D eigenvalue weighted by Crippen LogP contribution is 2.24. The summed E-state index contributed by atoms with van der Waals surface area (Å²) in [6.07, 6.45) is 3.57. The number of rotatable bonds is 4. The molecule has 3 unspecified atom stereocenters. The van der Waals surface area contributed by atoms with E-state index in [4.69, 9.17) is 5.11 Å². The first kappa shape index (κ1) is 13.8. The Morgan fingerprint density at radius 2 is 2.06 bits per heavy atom. The molecule has 1 aliphatic rings. The standard InChI is InChI=1S/C12H22N2O3/c1-4-12(3,10(15)16)14-11(17)13-9-7-5-6-8(9)2/h8-9H,4-7H2,1-3H3,(H,15,16)(H2,13,14,17). The van der Waals surface area contributed by atoms with E-state index < -0.39 is 11.5 Å². The highest BCUT2D eigenvalue weighted by Gasteiger charge is 2.34. The molecule has 5 heteroatoms. The van der Waals surface area contributed by atoms with Crippen LogP contribution in [0.2, 0.25) is 0 Å². The van der Waals surface area contributed by atoms with Gasteiger partial charge in [0.1, 0.15) is 5.54 Å². The van der Waals surface area contributed by atoms with Gasteiger partial charge in [-0.1, -0.05) is 20.3 Å². The van der Waals surface area contributed by atoms with Crippen molar-refractivity contribution in [1.29, 1.82) is 0 Å². The van der Waals surface area contributed by atoms with Gasteiger partial charge in [-0.2, -0.15) is 0 Å². The third-order valence-corrected chi connectivity index (χ3v) is 3.75. The van der Waals surface area contributed by atoms with Gasteiger partial charge < -0.3 is 15.7 Å². The van der Waals surface area contributed by atoms with Crippen LogP contribution < -0.4 is 10.6 Å². The zero-order chi connectivity index (χ0) is 13.1. The highest BCUT2D eigenvalue weighted by molar-refractivity contribution is 5.85. The topological polar surface area (TPSA) is 78.4 Å². The second-order valence-corrected chi connectivity index (χ2v) is 5.10. The Balaban J connectivity index is 2.51. The van der Waals surface area contributed by atoms with Crippen molar-refractivity contribution < 1.29 is 14.7 Å². The Kier molecular flexibility index (Phi) is 4.37. The van der Waals surface area contributed by atoms with Crippen molar-refractivity contribution in [2.45, 2.75) is 58.0 Å². The van der Waals surface area contributed by atoms with Crippen LogP contribution in [0.5, 0.6) is 0 Å². The van der Waals surface area contributed by atoms with Crippen molar-refractivity contribution in [3.63, 3.8) is 0 Å². The number of carbonyl (C=O) groups is 2. The van der Waals surface area contributed by atoms with E-state index >= 15 is 0 Å². The fraction of sp³-hybridized carbons (Fsp3) is 0.833. The number of aliphatic carboxylic acids is 1.